The third kappa shape index (κ3) is 6.27. The summed E-state index contributed by atoms with van der Waals surface area (Å²) in [4.78, 5) is 26.8. The van der Waals surface area contributed by atoms with E-state index in [9.17, 15) is 18.0 Å². The molecule has 1 fully saturated rings. The number of hydrogen-bond donors (Lipinski definition) is 0. The van der Waals surface area contributed by atoms with Crippen molar-refractivity contribution in [2.45, 2.75) is 18.4 Å². The third-order valence-electron chi connectivity index (χ3n) is 5.31. The van der Waals surface area contributed by atoms with E-state index in [4.69, 9.17) is 36.9 Å². The maximum atomic E-state index is 13.0. The van der Waals surface area contributed by atoms with Gasteiger partial charge in [0.25, 0.3) is 11.1 Å². The minimum Gasteiger partial charge on any atom is -0.497 e. The molecular weight excluding hydrogens is 573 g/mol. The van der Waals surface area contributed by atoms with Crippen molar-refractivity contribution >= 4 is 62.3 Å². The van der Waals surface area contributed by atoms with Crippen LogP contribution in [0.15, 0.2) is 70.5 Å². The van der Waals surface area contributed by atoms with Gasteiger partial charge in [-0.2, -0.15) is 8.42 Å². The molecule has 12 heteroatoms. The van der Waals surface area contributed by atoms with Crippen molar-refractivity contribution in [3.63, 3.8) is 0 Å². The Kier molecular flexibility index (Phi) is 8.57. The molecule has 3 aromatic rings. The molecule has 1 aliphatic heterocycles. The number of imide groups is 1. The van der Waals surface area contributed by atoms with Gasteiger partial charge >= 0.3 is 10.1 Å². The minimum atomic E-state index is -4.15. The largest absolute Gasteiger partial charge is 0.497 e. The number of halogens is 2. The fourth-order valence-electron chi connectivity index (χ4n) is 3.47. The van der Waals surface area contributed by atoms with Crippen LogP contribution in [0.4, 0.5) is 4.79 Å². The Morgan fingerprint density at radius 2 is 1.68 bits per heavy atom. The summed E-state index contributed by atoms with van der Waals surface area (Å²) in [6, 6.07) is 15.2. The number of carbonyl (C=O) groups excluding carboxylic acids is 2. The first kappa shape index (κ1) is 27.8. The lowest BCUT2D eigenvalue weighted by Gasteiger charge is -2.13. The summed E-state index contributed by atoms with van der Waals surface area (Å²) < 4.78 is 41.6. The van der Waals surface area contributed by atoms with E-state index < -0.39 is 21.3 Å². The highest BCUT2D eigenvalue weighted by molar-refractivity contribution is 8.18. The molecule has 38 heavy (non-hydrogen) atoms. The van der Waals surface area contributed by atoms with Gasteiger partial charge in [-0.25, -0.2) is 0 Å². The molecule has 0 saturated carbocycles. The number of methoxy groups -OCH3 is 1. The molecule has 1 aliphatic rings. The summed E-state index contributed by atoms with van der Waals surface area (Å²) in [5, 5.41) is 0.271. The quantitative estimate of drug-likeness (QED) is 0.207. The van der Waals surface area contributed by atoms with E-state index in [1.54, 1.807) is 31.2 Å². The van der Waals surface area contributed by atoms with Crippen molar-refractivity contribution in [1.29, 1.82) is 0 Å². The molecule has 0 atom stereocenters. The number of rotatable bonds is 9. The van der Waals surface area contributed by atoms with E-state index in [1.165, 1.54) is 49.6 Å². The molecule has 198 valence electrons. The van der Waals surface area contributed by atoms with Gasteiger partial charge in [0.1, 0.15) is 10.6 Å². The number of carbonyl (C=O) groups is 2. The Morgan fingerprint density at radius 1 is 0.947 bits per heavy atom. The van der Waals surface area contributed by atoms with Crippen LogP contribution in [-0.2, 0) is 21.5 Å². The number of thioether (sulfide) groups is 1. The molecule has 0 unspecified atom stereocenters. The molecule has 0 radical (unpaired) electrons. The highest BCUT2D eigenvalue weighted by Gasteiger charge is 2.35. The monoisotopic (exact) mass is 593 g/mol. The van der Waals surface area contributed by atoms with Crippen LogP contribution < -0.4 is 13.7 Å². The second kappa shape index (κ2) is 11.7. The van der Waals surface area contributed by atoms with Crippen molar-refractivity contribution in [2.75, 3.05) is 13.7 Å². The van der Waals surface area contributed by atoms with Crippen LogP contribution in [-0.4, -0.2) is 38.2 Å². The van der Waals surface area contributed by atoms with E-state index in [-0.39, 0.29) is 34.5 Å². The molecule has 0 aromatic heterocycles. The standard InChI is InChI=1S/C26H21Cl2NO7S2/c1-3-35-23-13-16(5-11-22(23)36-38(32,33)19-8-6-18(34-2)7-9-19)14-24-25(30)29(26(31)37-24)15-17-4-10-20(27)21(28)12-17/h4-14H,3,15H2,1-2H3/b24-14-. The number of hydrogen-bond acceptors (Lipinski definition) is 8. The normalized spacial score (nSPS) is 14.7. The van der Waals surface area contributed by atoms with E-state index in [0.29, 0.717) is 26.9 Å². The number of amides is 2. The molecule has 4 rings (SSSR count). The summed E-state index contributed by atoms with van der Waals surface area (Å²) in [5.41, 5.74) is 1.17. The molecule has 1 heterocycles. The van der Waals surface area contributed by atoms with Gasteiger partial charge in [0.2, 0.25) is 0 Å². The van der Waals surface area contributed by atoms with Crippen molar-refractivity contribution < 1.29 is 31.7 Å². The van der Waals surface area contributed by atoms with Crippen LogP contribution in [0, 0.1) is 0 Å². The fraction of sp³-hybridized carbons (Fsp3) is 0.154. The zero-order chi connectivity index (χ0) is 27.4. The van der Waals surface area contributed by atoms with Gasteiger partial charge in [-0.15, -0.1) is 0 Å². The second-order valence-corrected chi connectivity index (χ2v) is 11.2. The Labute approximate surface area is 234 Å². The number of benzene rings is 3. The van der Waals surface area contributed by atoms with Gasteiger partial charge in [-0.1, -0.05) is 35.3 Å². The zero-order valence-electron chi connectivity index (χ0n) is 20.1. The third-order valence-corrected chi connectivity index (χ3v) is 8.21. The lowest BCUT2D eigenvalue weighted by molar-refractivity contribution is -0.123. The van der Waals surface area contributed by atoms with E-state index in [1.807, 2.05) is 0 Å². The summed E-state index contributed by atoms with van der Waals surface area (Å²) in [5.74, 6) is 0.178. The van der Waals surface area contributed by atoms with Crippen LogP contribution >= 0.6 is 35.0 Å². The topological polar surface area (TPSA) is 99.2 Å². The van der Waals surface area contributed by atoms with E-state index >= 15 is 0 Å². The molecule has 8 nitrogen and oxygen atoms in total. The highest BCUT2D eigenvalue weighted by Crippen LogP contribution is 2.36. The summed E-state index contributed by atoms with van der Waals surface area (Å²) in [6.45, 7) is 2.02. The molecule has 3 aromatic carbocycles. The molecule has 0 spiro atoms. The predicted molar refractivity (Wildman–Crippen MR) is 146 cm³/mol. The van der Waals surface area contributed by atoms with Gasteiger partial charge in [0.15, 0.2) is 11.5 Å². The molecule has 0 aliphatic carbocycles. The van der Waals surface area contributed by atoms with E-state index in [0.717, 1.165) is 16.7 Å². The number of nitrogens with zero attached hydrogens (tertiary/aromatic N) is 1. The minimum absolute atomic E-state index is 0.0208. The molecule has 0 N–H and O–H groups in total. The lowest BCUT2D eigenvalue weighted by atomic mass is 10.1. The first-order chi connectivity index (χ1) is 18.1. The predicted octanol–water partition coefficient (Wildman–Crippen LogP) is 6.40. The van der Waals surface area contributed by atoms with Crippen molar-refractivity contribution in [3.05, 3.63) is 86.7 Å². The Balaban J connectivity index is 1.56. The number of ether oxygens (including phenoxy) is 2. The average Bonchev–Trinajstić information content (AvgIpc) is 3.15. The van der Waals surface area contributed by atoms with Crippen LogP contribution in [0.2, 0.25) is 10.0 Å². The SMILES string of the molecule is CCOc1cc(/C=C2\SC(=O)N(Cc3ccc(Cl)c(Cl)c3)C2=O)ccc1OS(=O)(=O)c1ccc(OC)cc1. The molecule has 1 saturated heterocycles. The molecule has 2 amide bonds. The summed E-state index contributed by atoms with van der Waals surface area (Å²) in [6.07, 6.45) is 1.53. The lowest BCUT2D eigenvalue weighted by Crippen LogP contribution is -2.27. The Morgan fingerprint density at radius 3 is 2.34 bits per heavy atom. The van der Waals surface area contributed by atoms with E-state index in [2.05, 4.69) is 0 Å². The van der Waals surface area contributed by atoms with Crippen LogP contribution in [0.3, 0.4) is 0 Å². The van der Waals surface area contributed by atoms with Gasteiger partial charge < -0.3 is 13.7 Å². The van der Waals surface area contributed by atoms with Crippen LogP contribution in [0.25, 0.3) is 6.08 Å². The summed E-state index contributed by atoms with van der Waals surface area (Å²) in [7, 11) is -2.67. The summed E-state index contributed by atoms with van der Waals surface area (Å²) >= 11 is 12.8. The Bertz CT molecular complexity index is 1520. The molecule has 0 bridgehead atoms. The van der Waals surface area contributed by atoms with Gasteiger partial charge in [-0.05, 0) is 84.4 Å². The average molecular weight is 594 g/mol. The van der Waals surface area contributed by atoms with Gasteiger partial charge in [0.05, 0.1) is 35.2 Å². The molecular formula is C26H21Cl2NO7S2. The first-order valence-corrected chi connectivity index (χ1v) is 14.1. The van der Waals surface area contributed by atoms with Crippen LogP contribution in [0.1, 0.15) is 18.1 Å². The fourth-order valence-corrected chi connectivity index (χ4v) is 5.57. The van der Waals surface area contributed by atoms with Crippen molar-refractivity contribution in [3.8, 4) is 17.2 Å². The Hall–Kier alpha value is -3.18. The van der Waals surface area contributed by atoms with Gasteiger partial charge in [0, 0.05) is 0 Å². The maximum absolute atomic E-state index is 13.0. The first-order valence-electron chi connectivity index (χ1n) is 11.2. The highest BCUT2D eigenvalue weighted by atomic mass is 35.5. The second-order valence-electron chi connectivity index (χ2n) is 7.87. The van der Waals surface area contributed by atoms with Crippen molar-refractivity contribution in [2.24, 2.45) is 0 Å². The maximum Gasteiger partial charge on any atom is 0.339 e. The zero-order valence-corrected chi connectivity index (χ0v) is 23.3. The smallest absolute Gasteiger partial charge is 0.339 e. The van der Waals surface area contributed by atoms with Crippen LogP contribution in [0.5, 0.6) is 17.2 Å². The van der Waals surface area contributed by atoms with Crippen molar-refractivity contribution in [1.82, 2.24) is 4.90 Å². The van der Waals surface area contributed by atoms with Gasteiger partial charge in [-0.3, -0.25) is 14.5 Å².